The largest absolute Gasteiger partial charge is 0.396 e. The van der Waals surface area contributed by atoms with Crippen molar-refractivity contribution in [1.82, 2.24) is 4.90 Å². The maximum Gasteiger partial charge on any atom is 0.137 e. The van der Waals surface area contributed by atoms with E-state index in [-0.39, 0.29) is 12.5 Å². The standard InChI is InChI=1S/C13H25NO2/c1-3-14(7-4-8-15)10-12-9-11(2)5-6-13(12)16/h11-12,15H,3-10H2,1-2H3. The fourth-order valence-electron chi connectivity index (χ4n) is 2.49. The van der Waals surface area contributed by atoms with Crippen molar-refractivity contribution in [2.75, 3.05) is 26.2 Å². The lowest BCUT2D eigenvalue weighted by atomic mass is 9.81. The molecule has 0 radical (unpaired) electrons. The molecule has 0 saturated heterocycles. The summed E-state index contributed by atoms with van der Waals surface area (Å²) in [5, 5.41) is 8.82. The first-order chi connectivity index (χ1) is 7.67. The van der Waals surface area contributed by atoms with Gasteiger partial charge in [0.25, 0.3) is 0 Å². The quantitative estimate of drug-likeness (QED) is 0.751. The highest BCUT2D eigenvalue weighted by atomic mass is 16.3. The Balaban J connectivity index is 2.39. The van der Waals surface area contributed by atoms with Crippen molar-refractivity contribution in [2.24, 2.45) is 11.8 Å². The minimum absolute atomic E-state index is 0.238. The Morgan fingerprint density at radius 1 is 1.50 bits per heavy atom. The van der Waals surface area contributed by atoms with Gasteiger partial charge in [0.1, 0.15) is 5.78 Å². The monoisotopic (exact) mass is 227 g/mol. The van der Waals surface area contributed by atoms with E-state index in [2.05, 4.69) is 18.7 Å². The number of aliphatic hydroxyl groups is 1. The van der Waals surface area contributed by atoms with Crippen LogP contribution in [0, 0.1) is 11.8 Å². The Hall–Kier alpha value is -0.410. The average molecular weight is 227 g/mol. The third-order valence-electron chi connectivity index (χ3n) is 3.58. The molecule has 3 nitrogen and oxygen atoms in total. The van der Waals surface area contributed by atoms with Gasteiger partial charge in [0.15, 0.2) is 0 Å². The molecular formula is C13H25NO2. The molecule has 1 rings (SSSR count). The van der Waals surface area contributed by atoms with E-state index in [1.807, 2.05) is 0 Å². The van der Waals surface area contributed by atoms with E-state index in [9.17, 15) is 4.79 Å². The Kier molecular flexibility index (Phi) is 5.99. The molecule has 1 aliphatic rings. The van der Waals surface area contributed by atoms with E-state index in [0.29, 0.717) is 11.7 Å². The summed E-state index contributed by atoms with van der Waals surface area (Å²) in [5.41, 5.74) is 0. The summed E-state index contributed by atoms with van der Waals surface area (Å²) in [6.07, 6.45) is 3.69. The molecular weight excluding hydrogens is 202 g/mol. The third kappa shape index (κ3) is 4.22. The van der Waals surface area contributed by atoms with Gasteiger partial charge < -0.3 is 10.0 Å². The lowest BCUT2D eigenvalue weighted by Gasteiger charge is -2.30. The second-order valence-electron chi connectivity index (χ2n) is 5.01. The molecule has 3 heteroatoms. The maximum absolute atomic E-state index is 11.8. The zero-order valence-corrected chi connectivity index (χ0v) is 10.6. The van der Waals surface area contributed by atoms with Crippen LogP contribution in [0.25, 0.3) is 0 Å². The van der Waals surface area contributed by atoms with E-state index in [4.69, 9.17) is 5.11 Å². The van der Waals surface area contributed by atoms with Crippen LogP contribution in [-0.4, -0.2) is 42.0 Å². The van der Waals surface area contributed by atoms with Gasteiger partial charge in [-0.2, -0.15) is 0 Å². The number of ketones is 1. The number of hydrogen-bond donors (Lipinski definition) is 1. The number of rotatable bonds is 6. The van der Waals surface area contributed by atoms with Crippen molar-refractivity contribution in [3.05, 3.63) is 0 Å². The highest BCUT2D eigenvalue weighted by Crippen LogP contribution is 2.26. The van der Waals surface area contributed by atoms with Crippen LogP contribution in [0.2, 0.25) is 0 Å². The van der Waals surface area contributed by atoms with Crippen LogP contribution in [0.1, 0.15) is 39.5 Å². The predicted molar refractivity (Wildman–Crippen MR) is 65.3 cm³/mol. The van der Waals surface area contributed by atoms with Crippen LogP contribution in [0.4, 0.5) is 0 Å². The second-order valence-corrected chi connectivity index (χ2v) is 5.01. The van der Waals surface area contributed by atoms with Crippen LogP contribution in [-0.2, 0) is 4.79 Å². The molecule has 0 aliphatic heterocycles. The fourth-order valence-corrected chi connectivity index (χ4v) is 2.49. The minimum Gasteiger partial charge on any atom is -0.396 e. The molecule has 1 N–H and O–H groups in total. The Labute approximate surface area is 98.8 Å². The van der Waals surface area contributed by atoms with Crippen LogP contribution in [0.3, 0.4) is 0 Å². The topological polar surface area (TPSA) is 40.5 Å². The van der Waals surface area contributed by atoms with Gasteiger partial charge in [0, 0.05) is 32.0 Å². The van der Waals surface area contributed by atoms with Crippen molar-refractivity contribution in [3.8, 4) is 0 Å². The van der Waals surface area contributed by atoms with Gasteiger partial charge in [-0.3, -0.25) is 4.79 Å². The summed E-state index contributed by atoms with van der Waals surface area (Å²) in [6, 6.07) is 0. The van der Waals surface area contributed by atoms with E-state index in [1.165, 1.54) is 0 Å². The number of aliphatic hydroxyl groups excluding tert-OH is 1. The van der Waals surface area contributed by atoms with Gasteiger partial charge in [0.05, 0.1) is 0 Å². The molecule has 1 fully saturated rings. The summed E-state index contributed by atoms with van der Waals surface area (Å²) in [5.74, 6) is 1.38. The number of hydrogen-bond acceptors (Lipinski definition) is 3. The highest BCUT2D eigenvalue weighted by molar-refractivity contribution is 5.81. The Morgan fingerprint density at radius 3 is 2.88 bits per heavy atom. The molecule has 2 atom stereocenters. The first-order valence-electron chi connectivity index (χ1n) is 6.53. The predicted octanol–water partition coefficient (Wildman–Crippen LogP) is 1.70. The Morgan fingerprint density at radius 2 is 2.25 bits per heavy atom. The molecule has 0 aromatic rings. The molecule has 0 heterocycles. The zero-order chi connectivity index (χ0) is 12.0. The first-order valence-corrected chi connectivity index (χ1v) is 6.53. The normalized spacial score (nSPS) is 26.4. The van der Waals surface area contributed by atoms with E-state index in [1.54, 1.807) is 0 Å². The van der Waals surface area contributed by atoms with Crippen LogP contribution < -0.4 is 0 Å². The second kappa shape index (κ2) is 7.02. The van der Waals surface area contributed by atoms with Gasteiger partial charge >= 0.3 is 0 Å². The van der Waals surface area contributed by atoms with E-state index < -0.39 is 0 Å². The third-order valence-corrected chi connectivity index (χ3v) is 3.58. The van der Waals surface area contributed by atoms with E-state index in [0.717, 1.165) is 45.3 Å². The summed E-state index contributed by atoms with van der Waals surface area (Å²) in [7, 11) is 0. The number of carbonyl (C=O) groups is 1. The number of Topliss-reactive ketones (excluding diaryl/α,β-unsaturated/α-hetero) is 1. The van der Waals surface area contributed by atoms with Crippen LogP contribution in [0.5, 0.6) is 0 Å². The molecule has 0 aromatic carbocycles. The van der Waals surface area contributed by atoms with Crippen molar-refractivity contribution < 1.29 is 9.90 Å². The molecule has 1 aliphatic carbocycles. The average Bonchev–Trinajstić information content (AvgIpc) is 2.28. The lowest BCUT2D eigenvalue weighted by molar-refractivity contribution is -0.126. The van der Waals surface area contributed by atoms with Crippen molar-refractivity contribution in [3.63, 3.8) is 0 Å². The molecule has 94 valence electrons. The number of nitrogens with zero attached hydrogens (tertiary/aromatic N) is 1. The molecule has 0 amide bonds. The van der Waals surface area contributed by atoms with Gasteiger partial charge in [-0.25, -0.2) is 0 Å². The van der Waals surface area contributed by atoms with Crippen molar-refractivity contribution in [1.29, 1.82) is 0 Å². The zero-order valence-electron chi connectivity index (χ0n) is 10.6. The molecule has 0 spiro atoms. The molecule has 2 unspecified atom stereocenters. The molecule has 1 saturated carbocycles. The fraction of sp³-hybridized carbons (Fsp3) is 0.923. The summed E-state index contributed by atoms with van der Waals surface area (Å²) < 4.78 is 0. The minimum atomic E-state index is 0.238. The van der Waals surface area contributed by atoms with Crippen LogP contribution in [0.15, 0.2) is 0 Å². The molecule has 0 aromatic heterocycles. The van der Waals surface area contributed by atoms with E-state index >= 15 is 0 Å². The summed E-state index contributed by atoms with van der Waals surface area (Å²) >= 11 is 0. The van der Waals surface area contributed by atoms with Crippen molar-refractivity contribution >= 4 is 5.78 Å². The highest BCUT2D eigenvalue weighted by Gasteiger charge is 2.27. The lowest BCUT2D eigenvalue weighted by Crippen LogP contribution is -2.37. The maximum atomic E-state index is 11.8. The van der Waals surface area contributed by atoms with Gasteiger partial charge in [-0.05, 0) is 31.7 Å². The molecule has 16 heavy (non-hydrogen) atoms. The Bertz CT molecular complexity index is 218. The van der Waals surface area contributed by atoms with Gasteiger partial charge in [-0.15, -0.1) is 0 Å². The molecule has 0 bridgehead atoms. The van der Waals surface area contributed by atoms with Gasteiger partial charge in [0.2, 0.25) is 0 Å². The smallest absolute Gasteiger partial charge is 0.137 e. The van der Waals surface area contributed by atoms with Gasteiger partial charge in [-0.1, -0.05) is 13.8 Å². The summed E-state index contributed by atoms with van der Waals surface area (Å²) in [6.45, 7) is 7.37. The SMILES string of the molecule is CCN(CCCO)CC1CC(C)CCC1=O. The van der Waals surface area contributed by atoms with Crippen LogP contribution >= 0.6 is 0 Å². The number of carbonyl (C=O) groups excluding carboxylic acids is 1. The van der Waals surface area contributed by atoms with Crippen molar-refractivity contribution in [2.45, 2.75) is 39.5 Å². The summed E-state index contributed by atoms with van der Waals surface area (Å²) in [4.78, 5) is 14.1. The first kappa shape index (κ1) is 13.7.